The zero-order chi connectivity index (χ0) is 14.8. The van der Waals surface area contributed by atoms with E-state index < -0.39 is 5.97 Å². The van der Waals surface area contributed by atoms with Crippen LogP contribution in [0.2, 0.25) is 0 Å². The number of anilines is 1. The Morgan fingerprint density at radius 2 is 2.00 bits per heavy atom. The number of carboxylic acids is 1. The van der Waals surface area contributed by atoms with E-state index in [1.807, 2.05) is 41.0 Å². The molecule has 2 aromatic carbocycles. The molecule has 5 nitrogen and oxygen atoms in total. The van der Waals surface area contributed by atoms with Crippen LogP contribution in [0.5, 0.6) is 0 Å². The maximum absolute atomic E-state index is 11.2. The fourth-order valence-corrected chi connectivity index (χ4v) is 2.51. The molecule has 3 rings (SSSR count). The Morgan fingerprint density at radius 1 is 1.24 bits per heavy atom. The average molecular weight is 281 g/mol. The molecule has 1 atom stereocenters. The Bertz CT molecular complexity index is 781. The number of nitrogens with two attached hydrogens (primary N) is 1. The second-order valence-electron chi connectivity index (χ2n) is 4.92. The molecule has 3 N–H and O–H groups in total. The maximum Gasteiger partial charge on any atom is 0.305 e. The number of aliphatic carboxylic acids is 1. The van der Waals surface area contributed by atoms with Crippen LogP contribution in [0, 0.1) is 0 Å². The summed E-state index contributed by atoms with van der Waals surface area (Å²) in [7, 11) is 0. The fourth-order valence-electron chi connectivity index (χ4n) is 2.51. The summed E-state index contributed by atoms with van der Waals surface area (Å²) in [4.78, 5) is 15.5. The Labute approximate surface area is 121 Å². The number of fused-ring (bicyclic) bond motifs is 1. The van der Waals surface area contributed by atoms with Crippen LogP contribution in [-0.4, -0.2) is 20.6 Å². The number of carbonyl (C=O) groups is 1. The van der Waals surface area contributed by atoms with Crippen LogP contribution in [0.25, 0.3) is 11.0 Å². The molecule has 5 heteroatoms. The number of imidazole rings is 1. The van der Waals surface area contributed by atoms with Crippen molar-refractivity contribution in [3.05, 3.63) is 60.4 Å². The van der Waals surface area contributed by atoms with Crippen molar-refractivity contribution in [3.8, 4) is 0 Å². The van der Waals surface area contributed by atoms with Gasteiger partial charge in [-0.3, -0.25) is 4.79 Å². The van der Waals surface area contributed by atoms with Crippen molar-refractivity contribution < 1.29 is 9.90 Å². The van der Waals surface area contributed by atoms with Crippen LogP contribution in [-0.2, 0) is 4.79 Å². The van der Waals surface area contributed by atoms with Crippen molar-refractivity contribution in [2.24, 2.45) is 0 Å². The molecule has 3 aromatic rings. The first-order valence-corrected chi connectivity index (χ1v) is 6.64. The number of nitrogens with zero attached hydrogens (tertiary/aromatic N) is 2. The van der Waals surface area contributed by atoms with Gasteiger partial charge in [-0.1, -0.05) is 30.3 Å². The van der Waals surface area contributed by atoms with Crippen LogP contribution in [0.15, 0.2) is 54.9 Å². The van der Waals surface area contributed by atoms with Crippen LogP contribution in [0.4, 0.5) is 5.69 Å². The fraction of sp³-hybridized carbons (Fsp3) is 0.125. The highest BCUT2D eigenvalue weighted by Crippen LogP contribution is 2.27. The maximum atomic E-state index is 11.2. The first-order chi connectivity index (χ1) is 10.1. The van der Waals surface area contributed by atoms with Crippen LogP contribution < -0.4 is 5.73 Å². The molecule has 0 aliphatic heterocycles. The highest BCUT2D eigenvalue weighted by Gasteiger charge is 2.19. The Hall–Kier alpha value is -2.82. The Morgan fingerprint density at radius 3 is 2.71 bits per heavy atom. The number of hydrogen-bond donors (Lipinski definition) is 2. The molecule has 0 aliphatic carbocycles. The molecule has 0 spiro atoms. The van der Waals surface area contributed by atoms with Gasteiger partial charge in [0.1, 0.15) is 0 Å². The van der Waals surface area contributed by atoms with E-state index in [0.717, 1.165) is 16.6 Å². The van der Waals surface area contributed by atoms with E-state index in [0.29, 0.717) is 5.69 Å². The van der Waals surface area contributed by atoms with E-state index in [9.17, 15) is 9.90 Å². The van der Waals surface area contributed by atoms with Gasteiger partial charge in [0.25, 0.3) is 0 Å². The highest BCUT2D eigenvalue weighted by molar-refractivity contribution is 5.79. The Kier molecular flexibility index (Phi) is 3.31. The predicted molar refractivity (Wildman–Crippen MR) is 81.0 cm³/mol. The standard InChI is InChI=1S/C16H15N3O2/c17-12-6-7-14-13(8-12)18-10-19(14)15(9-16(20)21)11-4-2-1-3-5-11/h1-8,10,15H,9,17H2,(H,20,21). The first kappa shape index (κ1) is 13.2. The van der Waals surface area contributed by atoms with Crippen LogP contribution in [0.3, 0.4) is 0 Å². The summed E-state index contributed by atoms with van der Waals surface area (Å²) >= 11 is 0. The van der Waals surface area contributed by atoms with Gasteiger partial charge in [0, 0.05) is 5.69 Å². The second kappa shape index (κ2) is 5.28. The summed E-state index contributed by atoms with van der Waals surface area (Å²) in [6, 6.07) is 14.7. The monoisotopic (exact) mass is 281 g/mol. The van der Waals surface area contributed by atoms with Gasteiger partial charge < -0.3 is 15.4 Å². The lowest BCUT2D eigenvalue weighted by Crippen LogP contribution is -2.14. The SMILES string of the molecule is Nc1ccc2c(c1)ncn2C(CC(=O)O)c1ccccc1. The molecule has 0 radical (unpaired) electrons. The summed E-state index contributed by atoms with van der Waals surface area (Å²) in [5.41, 5.74) is 8.98. The lowest BCUT2D eigenvalue weighted by Gasteiger charge is -2.18. The zero-order valence-corrected chi connectivity index (χ0v) is 11.3. The van der Waals surface area contributed by atoms with Crippen molar-refractivity contribution in [2.75, 3.05) is 5.73 Å². The summed E-state index contributed by atoms with van der Waals surface area (Å²) < 4.78 is 1.89. The molecule has 0 fully saturated rings. The summed E-state index contributed by atoms with van der Waals surface area (Å²) in [6.07, 6.45) is 1.67. The molecule has 0 aliphatic rings. The zero-order valence-electron chi connectivity index (χ0n) is 11.3. The number of carboxylic acid groups (broad SMARTS) is 1. The average Bonchev–Trinajstić information content (AvgIpc) is 2.88. The smallest absolute Gasteiger partial charge is 0.305 e. The number of hydrogen-bond acceptors (Lipinski definition) is 3. The third kappa shape index (κ3) is 2.58. The van der Waals surface area contributed by atoms with Gasteiger partial charge in [-0.2, -0.15) is 0 Å². The topological polar surface area (TPSA) is 81.1 Å². The van der Waals surface area contributed by atoms with E-state index in [1.165, 1.54) is 0 Å². The number of nitrogen functional groups attached to an aromatic ring is 1. The van der Waals surface area contributed by atoms with Crippen molar-refractivity contribution in [1.82, 2.24) is 9.55 Å². The quantitative estimate of drug-likeness (QED) is 0.720. The van der Waals surface area contributed by atoms with Gasteiger partial charge in [-0.05, 0) is 23.8 Å². The summed E-state index contributed by atoms with van der Waals surface area (Å²) in [5, 5.41) is 9.21. The van der Waals surface area contributed by atoms with Gasteiger partial charge in [0.05, 0.1) is 29.8 Å². The van der Waals surface area contributed by atoms with Crippen molar-refractivity contribution >= 4 is 22.7 Å². The lowest BCUT2D eigenvalue weighted by atomic mass is 10.0. The number of aromatic nitrogens is 2. The molecule has 0 bridgehead atoms. The van der Waals surface area contributed by atoms with E-state index in [-0.39, 0.29) is 12.5 Å². The first-order valence-electron chi connectivity index (χ1n) is 6.64. The van der Waals surface area contributed by atoms with Crippen molar-refractivity contribution in [3.63, 3.8) is 0 Å². The predicted octanol–water partition coefficient (Wildman–Crippen LogP) is 2.68. The van der Waals surface area contributed by atoms with Crippen LogP contribution in [0.1, 0.15) is 18.0 Å². The normalized spacial score (nSPS) is 12.4. The third-order valence-electron chi connectivity index (χ3n) is 3.49. The van der Waals surface area contributed by atoms with E-state index in [2.05, 4.69) is 4.98 Å². The molecule has 1 unspecified atom stereocenters. The number of rotatable bonds is 4. The van der Waals surface area contributed by atoms with Gasteiger partial charge in [0.15, 0.2) is 0 Å². The van der Waals surface area contributed by atoms with Gasteiger partial charge in [0.2, 0.25) is 0 Å². The molecular weight excluding hydrogens is 266 g/mol. The minimum atomic E-state index is -0.846. The molecule has 1 heterocycles. The summed E-state index contributed by atoms with van der Waals surface area (Å²) in [5.74, 6) is -0.846. The van der Waals surface area contributed by atoms with E-state index >= 15 is 0 Å². The lowest BCUT2D eigenvalue weighted by molar-refractivity contribution is -0.137. The molecule has 0 amide bonds. The summed E-state index contributed by atoms with van der Waals surface area (Å²) in [6.45, 7) is 0. The van der Waals surface area contributed by atoms with Gasteiger partial charge >= 0.3 is 5.97 Å². The van der Waals surface area contributed by atoms with E-state index in [4.69, 9.17) is 5.73 Å². The van der Waals surface area contributed by atoms with Gasteiger partial charge in [-0.25, -0.2) is 4.98 Å². The van der Waals surface area contributed by atoms with Crippen LogP contribution >= 0.6 is 0 Å². The third-order valence-corrected chi connectivity index (χ3v) is 3.49. The highest BCUT2D eigenvalue weighted by atomic mass is 16.4. The van der Waals surface area contributed by atoms with Crippen molar-refractivity contribution in [2.45, 2.75) is 12.5 Å². The molecule has 106 valence electrons. The minimum Gasteiger partial charge on any atom is -0.481 e. The largest absolute Gasteiger partial charge is 0.481 e. The molecule has 1 aromatic heterocycles. The molecule has 0 saturated carbocycles. The minimum absolute atomic E-state index is 0.000149. The van der Waals surface area contributed by atoms with E-state index in [1.54, 1.807) is 18.5 Å². The Balaban J connectivity index is 2.12. The molecule has 0 saturated heterocycles. The van der Waals surface area contributed by atoms with Crippen molar-refractivity contribution in [1.29, 1.82) is 0 Å². The molecular formula is C16H15N3O2. The number of benzene rings is 2. The molecule has 21 heavy (non-hydrogen) atoms. The van der Waals surface area contributed by atoms with Gasteiger partial charge in [-0.15, -0.1) is 0 Å². The second-order valence-corrected chi connectivity index (χ2v) is 4.92.